The summed E-state index contributed by atoms with van der Waals surface area (Å²) in [6.07, 6.45) is 5.24. The van der Waals surface area contributed by atoms with Crippen molar-refractivity contribution < 1.29 is 4.74 Å². The van der Waals surface area contributed by atoms with Crippen LogP contribution in [0.2, 0.25) is 0 Å². The van der Waals surface area contributed by atoms with Gasteiger partial charge in [-0.25, -0.2) is 0 Å². The van der Waals surface area contributed by atoms with Gasteiger partial charge in [-0.15, -0.1) is 0 Å². The minimum atomic E-state index is 0.222. The maximum absolute atomic E-state index is 5.73. The van der Waals surface area contributed by atoms with Gasteiger partial charge in [-0.05, 0) is 17.6 Å². The van der Waals surface area contributed by atoms with E-state index in [1.165, 1.54) is 11.1 Å². The average Bonchev–Trinajstić information content (AvgIpc) is 2.30. The molecule has 72 valence electrons. The normalized spacial score (nSPS) is 21.4. The molecule has 0 spiro atoms. The third-order valence-corrected chi connectivity index (χ3v) is 2.48. The summed E-state index contributed by atoms with van der Waals surface area (Å²) in [7, 11) is 0. The maximum atomic E-state index is 5.73. The highest BCUT2D eigenvalue weighted by Gasteiger charge is 2.14. The molecule has 1 aromatic carbocycles. The van der Waals surface area contributed by atoms with E-state index in [1.807, 2.05) is 24.3 Å². The molecule has 1 heteroatoms. The zero-order valence-corrected chi connectivity index (χ0v) is 8.15. The molecule has 1 heterocycles. The largest absolute Gasteiger partial charge is 0.369 e. The first kappa shape index (κ1) is 9.22. The van der Waals surface area contributed by atoms with Gasteiger partial charge in [0.2, 0.25) is 0 Å². The Morgan fingerprint density at radius 2 is 2.07 bits per heavy atom. The summed E-state index contributed by atoms with van der Waals surface area (Å²) in [5.74, 6) is 0. The summed E-state index contributed by atoms with van der Waals surface area (Å²) in [6, 6.07) is 10.3. The maximum Gasteiger partial charge on any atom is 0.0864 e. The van der Waals surface area contributed by atoms with E-state index < -0.39 is 0 Å². The van der Waals surface area contributed by atoms with Crippen molar-refractivity contribution in [2.24, 2.45) is 0 Å². The molecule has 0 saturated heterocycles. The SMILES string of the molecule is C=CC1=CC[C@@H](c2ccccc2)OC1. The number of rotatable bonds is 2. The van der Waals surface area contributed by atoms with Crippen molar-refractivity contribution in [3.05, 3.63) is 60.2 Å². The summed E-state index contributed by atoms with van der Waals surface area (Å²) in [4.78, 5) is 0. The number of ether oxygens (including phenoxy) is 1. The molecule has 0 radical (unpaired) electrons. The van der Waals surface area contributed by atoms with Crippen molar-refractivity contribution in [3.63, 3.8) is 0 Å². The summed E-state index contributed by atoms with van der Waals surface area (Å²) in [5.41, 5.74) is 2.45. The molecule has 2 rings (SSSR count). The first-order valence-electron chi connectivity index (χ1n) is 4.88. The van der Waals surface area contributed by atoms with Crippen LogP contribution in [0.3, 0.4) is 0 Å². The predicted molar refractivity (Wildman–Crippen MR) is 58.0 cm³/mol. The van der Waals surface area contributed by atoms with Crippen LogP contribution in [0.5, 0.6) is 0 Å². The van der Waals surface area contributed by atoms with Gasteiger partial charge in [0, 0.05) is 0 Å². The van der Waals surface area contributed by atoms with E-state index in [2.05, 4.69) is 24.8 Å². The van der Waals surface area contributed by atoms with Crippen molar-refractivity contribution >= 4 is 0 Å². The van der Waals surface area contributed by atoms with Gasteiger partial charge in [-0.3, -0.25) is 0 Å². The molecule has 1 aliphatic heterocycles. The van der Waals surface area contributed by atoms with Gasteiger partial charge < -0.3 is 4.74 Å². The highest BCUT2D eigenvalue weighted by Crippen LogP contribution is 2.26. The van der Waals surface area contributed by atoms with Crippen LogP contribution in [-0.2, 0) is 4.74 Å². The number of hydrogen-bond donors (Lipinski definition) is 0. The van der Waals surface area contributed by atoms with E-state index in [0.29, 0.717) is 6.61 Å². The Bertz CT molecular complexity index is 338. The molecular formula is C13H14O. The Morgan fingerprint density at radius 1 is 1.29 bits per heavy atom. The van der Waals surface area contributed by atoms with Gasteiger partial charge in [0.25, 0.3) is 0 Å². The topological polar surface area (TPSA) is 9.23 Å². The van der Waals surface area contributed by atoms with Crippen molar-refractivity contribution in [1.29, 1.82) is 0 Å². The molecule has 1 aromatic rings. The third kappa shape index (κ3) is 1.94. The highest BCUT2D eigenvalue weighted by atomic mass is 16.5. The molecule has 0 bridgehead atoms. The van der Waals surface area contributed by atoms with Gasteiger partial charge in [-0.1, -0.05) is 49.1 Å². The fourth-order valence-corrected chi connectivity index (χ4v) is 1.62. The van der Waals surface area contributed by atoms with Crippen molar-refractivity contribution in [1.82, 2.24) is 0 Å². The van der Waals surface area contributed by atoms with Crippen LogP contribution in [0.4, 0.5) is 0 Å². The van der Waals surface area contributed by atoms with Gasteiger partial charge >= 0.3 is 0 Å². The van der Waals surface area contributed by atoms with Crippen LogP contribution in [0.25, 0.3) is 0 Å². The lowest BCUT2D eigenvalue weighted by Crippen LogP contribution is -2.10. The molecular weight excluding hydrogens is 172 g/mol. The van der Waals surface area contributed by atoms with Crippen LogP contribution < -0.4 is 0 Å². The Balaban J connectivity index is 2.10. The summed E-state index contributed by atoms with van der Waals surface area (Å²) < 4.78 is 5.73. The van der Waals surface area contributed by atoms with Gasteiger partial charge in [0.05, 0.1) is 12.7 Å². The molecule has 0 saturated carbocycles. The van der Waals surface area contributed by atoms with Gasteiger partial charge in [0.1, 0.15) is 0 Å². The summed E-state index contributed by atoms with van der Waals surface area (Å²) in [6.45, 7) is 4.42. The lowest BCUT2D eigenvalue weighted by molar-refractivity contribution is 0.0635. The zero-order valence-electron chi connectivity index (χ0n) is 8.15. The third-order valence-electron chi connectivity index (χ3n) is 2.48. The number of hydrogen-bond acceptors (Lipinski definition) is 1. The molecule has 0 amide bonds. The lowest BCUT2D eigenvalue weighted by atomic mass is 10.0. The lowest BCUT2D eigenvalue weighted by Gasteiger charge is -2.21. The molecule has 0 fully saturated rings. The minimum Gasteiger partial charge on any atom is -0.369 e. The van der Waals surface area contributed by atoms with E-state index in [1.54, 1.807) is 0 Å². The quantitative estimate of drug-likeness (QED) is 0.688. The molecule has 0 aliphatic carbocycles. The van der Waals surface area contributed by atoms with E-state index in [-0.39, 0.29) is 6.10 Å². The average molecular weight is 186 g/mol. The monoisotopic (exact) mass is 186 g/mol. The van der Waals surface area contributed by atoms with Crippen molar-refractivity contribution in [3.8, 4) is 0 Å². The van der Waals surface area contributed by atoms with Crippen LogP contribution in [0, 0.1) is 0 Å². The second-order valence-corrected chi connectivity index (χ2v) is 3.43. The van der Waals surface area contributed by atoms with Gasteiger partial charge in [0.15, 0.2) is 0 Å². The molecule has 14 heavy (non-hydrogen) atoms. The first-order valence-corrected chi connectivity index (χ1v) is 4.88. The Labute approximate surface area is 84.7 Å². The molecule has 1 nitrogen and oxygen atoms in total. The Morgan fingerprint density at radius 3 is 2.64 bits per heavy atom. The smallest absolute Gasteiger partial charge is 0.0864 e. The number of benzene rings is 1. The highest BCUT2D eigenvalue weighted by molar-refractivity contribution is 5.24. The van der Waals surface area contributed by atoms with Crippen LogP contribution in [-0.4, -0.2) is 6.61 Å². The minimum absolute atomic E-state index is 0.222. The molecule has 0 unspecified atom stereocenters. The van der Waals surface area contributed by atoms with Crippen molar-refractivity contribution in [2.75, 3.05) is 6.61 Å². The molecule has 1 atom stereocenters. The predicted octanol–water partition coefficient (Wildman–Crippen LogP) is 3.26. The fraction of sp³-hybridized carbons (Fsp3) is 0.231. The van der Waals surface area contributed by atoms with Gasteiger partial charge in [-0.2, -0.15) is 0 Å². The van der Waals surface area contributed by atoms with E-state index in [4.69, 9.17) is 4.74 Å². The van der Waals surface area contributed by atoms with E-state index in [9.17, 15) is 0 Å². The molecule has 0 aromatic heterocycles. The summed E-state index contributed by atoms with van der Waals surface area (Å²) in [5, 5.41) is 0. The molecule has 1 aliphatic rings. The van der Waals surface area contributed by atoms with Crippen LogP contribution in [0.15, 0.2) is 54.6 Å². The second kappa shape index (κ2) is 4.25. The zero-order chi connectivity index (χ0) is 9.80. The standard InChI is InChI=1S/C13H14O/c1-2-11-8-9-13(14-10-11)12-6-4-3-5-7-12/h2-8,13H,1,9-10H2/t13-/m0/s1. The van der Waals surface area contributed by atoms with E-state index >= 15 is 0 Å². The van der Waals surface area contributed by atoms with Crippen LogP contribution in [0.1, 0.15) is 18.1 Å². The Kier molecular flexibility index (Phi) is 2.80. The van der Waals surface area contributed by atoms with Crippen LogP contribution >= 0.6 is 0 Å². The fourth-order valence-electron chi connectivity index (χ4n) is 1.62. The Hall–Kier alpha value is -1.34. The summed E-state index contributed by atoms with van der Waals surface area (Å²) >= 11 is 0. The second-order valence-electron chi connectivity index (χ2n) is 3.43. The van der Waals surface area contributed by atoms with Crippen molar-refractivity contribution in [2.45, 2.75) is 12.5 Å². The first-order chi connectivity index (χ1) is 6.90. The molecule has 0 N–H and O–H groups in total. The van der Waals surface area contributed by atoms with E-state index in [0.717, 1.165) is 6.42 Å².